The van der Waals surface area contributed by atoms with Crippen molar-refractivity contribution in [1.29, 1.82) is 5.26 Å². The molecule has 0 aliphatic heterocycles. The zero-order valence-electron chi connectivity index (χ0n) is 16.3. The summed E-state index contributed by atoms with van der Waals surface area (Å²) in [6.45, 7) is 2.67. The predicted molar refractivity (Wildman–Crippen MR) is 109 cm³/mol. The summed E-state index contributed by atoms with van der Waals surface area (Å²) in [6, 6.07) is 14.8. The largest absolute Gasteiger partial charge is 0.353 e. The average molecular weight is 364 g/mol. The summed E-state index contributed by atoms with van der Waals surface area (Å²) in [4.78, 5) is 10.8. The first kappa shape index (κ1) is 20.4. The van der Waals surface area contributed by atoms with E-state index in [4.69, 9.17) is 5.26 Å². The second-order valence-corrected chi connectivity index (χ2v) is 6.84. The first-order valence-electron chi connectivity index (χ1n) is 9.14. The minimum atomic E-state index is 0.138. The smallest absolute Gasteiger partial charge is 0.204 e. The number of nitrogens with one attached hydrogen (secondary N) is 2. The molecule has 0 aliphatic carbocycles. The number of nitriles is 1. The van der Waals surface area contributed by atoms with Crippen LogP contribution >= 0.6 is 0 Å². The van der Waals surface area contributed by atoms with Crippen molar-refractivity contribution in [2.45, 2.75) is 31.8 Å². The van der Waals surface area contributed by atoms with Crippen LogP contribution in [0.4, 0.5) is 0 Å². The van der Waals surface area contributed by atoms with Gasteiger partial charge in [0.1, 0.15) is 0 Å². The van der Waals surface area contributed by atoms with Gasteiger partial charge in [-0.3, -0.25) is 15.3 Å². The minimum absolute atomic E-state index is 0.138. The Morgan fingerprint density at radius 3 is 2.41 bits per heavy atom. The molecule has 0 saturated carbocycles. The maximum atomic E-state index is 9.05. The molecule has 27 heavy (non-hydrogen) atoms. The summed E-state index contributed by atoms with van der Waals surface area (Å²) in [5, 5.41) is 15.0. The summed E-state index contributed by atoms with van der Waals surface area (Å²) in [6.07, 6.45) is 7.28. The second kappa shape index (κ2) is 10.9. The van der Waals surface area contributed by atoms with Crippen molar-refractivity contribution in [3.05, 3.63) is 66.0 Å². The van der Waals surface area contributed by atoms with Crippen LogP contribution in [-0.4, -0.2) is 48.6 Å². The van der Waals surface area contributed by atoms with E-state index in [0.717, 1.165) is 12.8 Å². The third-order valence-electron chi connectivity index (χ3n) is 4.35. The van der Waals surface area contributed by atoms with E-state index in [9.17, 15) is 0 Å². The fourth-order valence-corrected chi connectivity index (χ4v) is 2.82. The van der Waals surface area contributed by atoms with Crippen molar-refractivity contribution in [2.75, 3.05) is 20.6 Å². The van der Waals surface area contributed by atoms with E-state index in [1.165, 1.54) is 11.1 Å². The van der Waals surface area contributed by atoms with Crippen molar-refractivity contribution in [1.82, 2.24) is 20.5 Å². The normalized spacial score (nSPS) is 13.7. The van der Waals surface area contributed by atoms with Gasteiger partial charge in [-0.15, -0.1) is 0 Å². The molecule has 1 aromatic heterocycles. The lowest BCUT2D eigenvalue weighted by Gasteiger charge is -2.23. The quantitative estimate of drug-likeness (QED) is 0.325. The Kier molecular flexibility index (Phi) is 8.27. The van der Waals surface area contributed by atoms with Crippen LogP contribution in [0.25, 0.3) is 0 Å². The third-order valence-corrected chi connectivity index (χ3v) is 4.35. The lowest BCUT2D eigenvalue weighted by atomic mass is 10.1. The van der Waals surface area contributed by atoms with E-state index in [0.29, 0.717) is 12.5 Å². The van der Waals surface area contributed by atoms with Crippen molar-refractivity contribution in [3.63, 3.8) is 0 Å². The Labute approximate surface area is 162 Å². The first-order chi connectivity index (χ1) is 13.1. The van der Waals surface area contributed by atoms with Crippen molar-refractivity contribution >= 4 is 5.96 Å². The zero-order valence-corrected chi connectivity index (χ0v) is 16.3. The standard InChI is InChI=1S/C21H28N6/c1-17(13-19-9-11-23-12-10-19)26-21(25-16-22)24-15-20(27(2)3)14-18-7-5-4-6-8-18/h4-12,17,20H,13-15H2,1-3H3,(H2,24,25,26)/t17?,20-/m0/s1. The van der Waals surface area contributed by atoms with Gasteiger partial charge in [0.15, 0.2) is 6.19 Å². The molecule has 6 heteroatoms. The van der Waals surface area contributed by atoms with E-state index in [1.54, 1.807) is 12.4 Å². The summed E-state index contributed by atoms with van der Waals surface area (Å²) in [5.41, 5.74) is 2.47. The van der Waals surface area contributed by atoms with Crippen LogP contribution in [0.15, 0.2) is 59.9 Å². The molecular weight excluding hydrogens is 336 g/mol. The van der Waals surface area contributed by atoms with Gasteiger partial charge < -0.3 is 10.2 Å². The number of likely N-dealkylation sites (N-methyl/N-ethyl adjacent to an activating group) is 1. The lowest BCUT2D eigenvalue weighted by molar-refractivity contribution is 0.298. The number of hydrogen-bond acceptors (Lipinski definition) is 4. The van der Waals surface area contributed by atoms with E-state index in [1.807, 2.05) is 24.4 Å². The van der Waals surface area contributed by atoms with Crippen LogP contribution in [0.3, 0.4) is 0 Å². The van der Waals surface area contributed by atoms with Gasteiger partial charge in [0.2, 0.25) is 5.96 Å². The fourth-order valence-electron chi connectivity index (χ4n) is 2.82. The summed E-state index contributed by atoms with van der Waals surface area (Å²) in [5.74, 6) is 0.513. The molecule has 0 saturated heterocycles. The van der Waals surface area contributed by atoms with E-state index in [2.05, 4.69) is 70.8 Å². The highest BCUT2D eigenvalue weighted by Crippen LogP contribution is 2.07. The van der Waals surface area contributed by atoms with Crippen LogP contribution in [0.5, 0.6) is 0 Å². The Balaban J connectivity index is 1.98. The van der Waals surface area contributed by atoms with Crippen molar-refractivity contribution < 1.29 is 0 Å². The lowest BCUT2D eigenvalue weighted by Crippen LogP contribution is -2.42. The van der Waals surface area contributed by atoms with Gasteiger partial charge in [-0.05, 0) is 57.1 Å². The minimum Gasteiger partial charge on any atom is -0.353 e. The predicted octanol–water partition coefficient (Wildman–Crippen LogP) is 2.20. The molecule has 142 valence electrons. The van der Waals surface area contributed by atoms with Crippen LogP contribution in [0, 0.1) is 11.5 Å². The van der Waals surface area contributed by atoms with Crippen molar-refractivity contribution in [2.24, 2.45) is 4.99 Å². The van der Waals surface area contributed by atoms with E-state index < -0.39 is 0 Å². The molecule has 1 unspecified atom stereocenters. The number of aromatic nitrogens is 1. The average Bonchev–Trinajstić information content (AvgIpc) is 2.66. The number of benzene rings is 1. The van der Waals surface area contributed by atoms with Crippen LogP contribution in [0.2, 0.25) is 0 Å². The fraction of sp³-hybridized carbons (Fsp3) is 0.381. The van der Waals surface area contributed by atoms with Gasteiger partial charge in [0.05, 0.1) is 6.54 Å². The number of pyridine rings is 1. The van der Waals surface area contributed by atoms with Gasteiger partial charge >= 0.3 is 0 Å². The second-order valence-electron chi connectivity index (χ2n) is 6.84. The molecule has 2 aromatic rings. The van der Waals surface area contributed by atoms with Gasteiger partial charge in [0, 0.05) is 24.5 Å². The molecule has 2 N–H and O–H groups in total. The monoisotopic (exact) mass is 364 g/mol. The number of rotatable bonds is 8. The molecular formula is C21H28N6. The van der Waals surface area contributed by atoms with Gasteiger partial charge in [0.25, 0.3) is 0 Å². The first-order valence-corrected chi connectivity index (χ1v) is 9.14. The highest BCUT2D eigenvalue weighted by atomic mass is 15.2. The molecule has 0 radical (unpaired) electrons. The van der Waals surface area contributed by atoms with Crippen molar-refractivity contribution in [3.8, 4) is 6.19 Å². The van der Waals surface area contributed by atoms with Gasteiger partial charge in [-0.25, -0.2) is 0 Å². The topological polar surface area (TPSA) is 76.3 Å². The number of aliphatic imine (C=N–C) groups is 1. The molecule has 0 fully saturated rings. The molecule has 0 amide bonds. The molecule has 2 rings (SSSR count). The highest BCUT2D eigenvalue weighted by Gasteiger charge is 2.13. The van der Waals surface area contributed by atoms with Gasteiger partial charge in [-0.2, -0.15) is 5.26 Å². The number of guanidine groups is 1. The molecule has 2 atom stereocenters. The summed E-state index contributed by atoms with van der Waals surface area (Å²) >= 11 is 0. The van der Waals surface area contributed by atoms with E-state index >= 15 is 0 Å². The van der Waals surface area contributed by atoms with Crippen LogP contribution in [0.1, 0.15) is 18.1 Å². The molecule has 6 nitrogen and oxygen atoms in total. The maximum Gasteiger partial charge on any atom is 0.204 e. The summed E-state index contributed by atoms with van der Waals surface area (Å²) in [7, 11) is 4.11. The molecule has 0 aliphatic rings. The molecule has 1 heterocycles. The molecule has 1 aromatic carbocycles. The third kappa shape index (κ3) is 7.47. The highest BCUT2D eigenvalue weighted by molar-refractivity contribution is 5.81. The number of hydrogen-bond donors (Lipinski definition) is 2. The Morgan fingerprint density at radius 2 is 1.78 bits per heavy atom. The van der Waals surface area contributed by atoms with Crippen LogP contribution < -0.4 is 10.6 Å². The molecule has 0 bridgehead atoms. The Hall–Kier alpha value is -2.91. The number of nitrogens with zero attached hydrogens (tertiary/aromatic N) is 4. The Bertz CT molecular complexity index is 736. The Morgan fingerprint density at radius 1 is 1.11 bits per heavy atom. The van der Waals surface area contributed by atoms with E-state index in [-0.39, 0.29) is 12.1 Å². The SMILES string of the molecule is CC(Cc1ccncc1)NC(=NC[C@H](Cc1ccccc1)N(C)C)NC#N. The maximum absolute atomic E-state index is 9.05. The zero-order chi connectivity index (χ0) is 19.5. The molecule has 0 spiro atoms. The van der Waals surface area contributed by atoms with Crippen LogP contribution in [-0.2, 0) is 12.8 Å². The summed E-state index contributed by atoms with van der Waals surface area (Å²) < 4.78 is 0. The van der Waals surface area contributed by atoms with Gasteiger partial charge in [-0.1, -0.05) is 30.3 Å².